The Bertz CT molecular complexity index is 715. The highest BCUT2D eigenvalue weighted by atomic mass is 19.3. The van der Waals surface area contributed by atoms with E-state index < -0.39 is 6.61 Å². The van der Waals surface area contributed by atoms with Crippen LogP contribution < -0.4 is 24.8 Å². The number of fused-ring (bicyclic) bond motifs is 1. The van der Waals surface area contributed by atoms with Gasteiger partial charge in [0.15, 0.2) is 17.5 Å². The van der Waals surface area contributed by atoms with Gasteiger partial charge < -0.3 is 34.3 Å². The van der Waals surface area contributed by atoms with Crippen molar-refractivity contribution in [3.8, 4) is 17.2 Å². The van der Waals surface area contributed by atoms with E-state index in [2.05, 4.69) is 20.4 Å². The third-order valence-corrected chi connectivity index (χ3v) is 4.98. The first kappa shape index (κ1) is 23.3. The van der Waals surface area contributed by atoms with Crippen LogP contribution in [0.5, 0.6) is 17.2 Å². The second kappa shape index (κ2) is 12.5. The zero-order valence-electron chi connectivity index (χ0n) is 17.8. The van der Waals surface area contributed by atoms with Crippen LogP contribution in [0.15, 0.2) is 17.1 Å². The zero-order valence-corrected chi connectivity index (χ0v) is 17.8. The van der Waals surface area contributed by atoms with E-state index in [-0.39, 0.29) is 19.1 Å². The molecule has 1 fully saturated rings. The Balaban J connectivity index is 1.47. The van der Waals surface area contributed by atoms with E-state index >= 15 is 0 Å². The Morgan fingerprint density at radius 1 is 1.19 bits per heavy atom. The smallest absolute Gasteiger partial charge is 0.387 e. The van der Waals surface area contributed by atoms with Gasteiger partial charge >= 0.3 is 6.61 Å². The topological polar surface area (TPSA) is 82.6 Å². The zero-order chi connectivity index (χ0) is 21.9. The largest absolute Gasteiger partial charge is 0.454 e. The molecule has 0 radical (unpaired) electrons. The lowest BCUT2D eigenvalue weighted by Gasteiger charge is -2.21. The molecule has 0 unspecified atom stereocenters. The summed E-state index contributed by atoms with van der Waals surface area (Å²) in [6.45, 7) is 3.67. The van der Waals surface area contributed by atoms with Gasteiger partial charge in [0.1, 0.15) is 5.75 Å². The number of hydrogen-bond acceptors (Lipinski definition) is 6. The lowest BCUT2D eigenvalue weighted by Crippen LogP contribution is -2.38. The first-order valence-electron chi connectivity index (χ1n) is 10.7. The van der Waals surface area contributed by atoms with E-state index in [9.17, 15) is 8.78 Å². The predicted octanol–water partition coefficient (Wildman–Crippen LogP) is 2.91. The van der Waals surface area contributed by atoms with Crippen LogP contribution in [0.2, 0.25) is 0 Å². The van der Waals surface area contributed by atoms with Crippen LogP contribution in [0.1, 0.15) is 31.7 Å². The van der Waals surface area contributed by atoms with Crippen LogP contribution in [0.3, 0.4) is 0 Å². The molecule has 10 heteroatoms. The molecular weight excluding hydrogens is 412 g/mol. The minimum Gasteiger partial charge on any atom is -0.454 e. The Kier molecular flexibility index (Phi) is 9.41. The average Bonchev–Trinajstić information content (AvgIpc) is 3.21. The highest BCUT2D eigenvalue weighted by Gasteiger charge is 2.20. The van der Waals surface area contributed by atoms with E-state index in [1.807, 2.05) is 6.92 Å². The van der Waals surface area contributed by atoms with Gasteiger partial charge in [-0.1, -0.05) is 0 Å². The van der Waals surface area contributed by atoms with Crippen molar-refractivity contribution in [1.29, 1.82) is 0 Å². The third-order valence-electron chi connectivity index (χ3n) is 4.98. The lowest BCUT2D eigenvalue weighted by molar-refractivity contribution is -0.0505. The maximum absolute atomic E-state index is 12.8. The van der Waals surface area contributed by atoms with E-state index in [0.717, 1.165) is 39.1 Å². The van der Waals surface area contributed by atoms with Gasteiger partial charge in [0, 0.05) is 51.1 Å². The molecule has 1 saturated heterocycles. The van der Waals surface area contributed by atoms with Gasteiger partial charge in [-0.25, -0.2) is 4.99 Å². The maximum Gasteiger partial charge on any atom is 0.387 e. The van der Waals surface area contributed by atoms with Crippen molar-refractivity contribution < 1.29 is 32.5 Å². The summed E-state index contributed by atoms with van der Waals surface area (Å²) in [5, 5.41) is 6.38. The average molecular weight is 443 g/mol. The number of alkyl halides is 2. The number of guanidine groups is 1. The van der Waals surface area contributed by atoms with Crippen LogP contribution in [-0.2, 0) is 16.0 Å². The van der Waals surface area contributed by atoms with E-state index in [4.69, 9.17) is 18.9 Å². The van der Waals surface area contributed by atoms with Crippen LogP contribution in [-0.4, -0.2) is 58.9 Å². The lowest BCUT2D eigenvalue weighted by atomic mass is 10.0. The van der Waals surface area contributed by atoms with Gasteiger partial charge in [0.25, 0.3) is 0 Å². The summed E-state index contributed by atoms with van der Waals surface area (Å²) in [6.07, 6.45) is 2.95. The van der Waals surface area contributed by atoms with Crippen molar-refractivity contribution in [2.75, 3.05) is 46.3 Å². The molecule has 0 atom stereocenters. The number of ether oxygens (including phenoxy) is 5. The van der Waals surface area contributed by atoms with Gasteiger partial charge in [0.2, 0.25) is 6.79 Å². The molecule has 8 nitrogen and oxygen atoms in total. The molecule has 0 saturated carbocycles. The van der Waals surface area contributed by atoms with E-state index in [0.29, 0.717) is 48.6 Å². The first-order chi connectivity index (χ1) is 15.2. The number of rotatable bonds is 11. The van der Waals surface area contributed by atoms with Crippen molar-refractivity contribution in [2.24, 2.45) is 10.9 Å². The van der Waals surface area contributed by atoms with Crippen LogP contribution >= 0.6 is 0 Å². The van der Waals surface area contributed by atoms with E-state index in [1.54, 1.807) is 6.07 Å². The molecule has 2 heterocycles. The summed E-state index contributed by atoms with van der Waals surface area (Å²) in [7, 11) is 0. The number of benzene rings is 1. The second-order valence-corrected chi connectivity index (χ2v) is 7.30. The number of aliphatic imine (C=N–C) groups is 1. The van der Waals surface area contributed by atoms with Gasteiger partial charge in [-0.2, -0.15) is 8.78 Å². The fraction of sp³-hybridized carbons (Fsp3) is 0.667. The van der Waals surface area contributed by atoms with Crippen molar-refractivity contribution in [1.82, 2.24) is 10.6 Å². The minimum atomic E-state index is -2.93. The van der Waals surface area contributed by atoms with Gasteiger partial charge in [-0.15, -0.1) is 0 Å². The Morgan fingerprint density at radius 2 is 1.97 bits per heavy atom. The number of nitrogens with one attached hydrogen (secondary N) is 2. The molecule has 3 rings (SSSR count). The molecule has 1 aromatic rings. The van der Waals surface area contributed by atoms with Gasteiger partial charge in [0.05, 0.1) is 6.54 Å². The van der Waals surface area contributed by atoms with E-state index in [1.165, 1.54) is 6.07 Å². The fourth-order valence-electron chi connectivity index (χ4n) is 3.34. The minimum absolute atomic E-state index is 0.0281. The Hall–Kier alpha value is -2.33. The highest BCUT2D eigenvalue weighted by Crippen LogP contribution is 2.39. The van der Waals surface area contributed by atoms with Gasteiger partial charge in [-0.3, -0.25) is 0 Å². The molecule has 2 aliphatic rings. The summed E-state index contributed by atoms with van der Waals surface area (Å²) in [5.74, 6) is 2.08. The highest BCUT2D eigenvalue weighted by molar-refractivity contribution is 5.79. The van der Waals surface area contributed by atoms with Crippen molar-refractivity contribution in [2.45, 2.75) is 39.3 Å². The summed E-state index contributed by atoms with van der Waals surface area (Å²) in [5.41, 5.74) is 0.488. The van der Waals surface area contributed by atoms with Crippen LogP contribution in [0, 0.1) is 5.92 Å². The van der Waals surface area contributed by atoms with Crippen molar-refractivity contribution in [3.05, 3.63) is 17.7 Å². The Morgan fingerprint density at radius 3 is 2.71 bits per heavy atom. The molecule has 2 aliphatic heterocycles. The van der Waals surface area contributed by atoms with Crippen LogP contribution in [0.4, 0.5) is 8.78 Å². The molecule has 0 bridgehead atoms. The van der Waals surface area contributed by atoms with Gasteiger partial charge in [-0.05, 0) is 38.2 Å². The first-order valence-corrected chi connectivity index (χ1v) is 10.7. The SMILES string of the molecule is CCNC(=NCc1cc2c(cc1OC(F)F)OCO2)NCCCOCC1CCOCC1. The normalized spacial score (nSPS) is 16.6. The Labute approximate surface area is 181 Å². The molecule has 0 amide bonds. The fourth-order valence-corrected chi connectivity index (χ4v) is 3.34. The number of hydrogen-bond donors (Lipinski definition) is 2. The quantitative estimate of drug-likeness (QED) is 0.309. The summed E-state index contributed by atoms with van der Waals surface area (Å²) >= 11 is 0. The molecule has 0 aliphatic carbocycles. The van der Waals surface area contributed by atoms with Crippen LogP contribution in [0.25, 0.3) is 0 Å². The van der Waals surface area contributed by atoms with Crippen molar-refractivity contribution in [3.63, 3.8) is 0 Å². The molecule has 0 aromatic heterocycles. The summed E-state index contributed by atoms with van der Waals surface area (Å²) < 4.78 is 51.9. The molecule has 1 aromatic carbocycles. The number of nitrogens with zero attached hydrogens (tertiary/aromatic N) is 1. The third kappa shape index (κ3) is 7.70. The number of halogens is 2. The summed E-state index contributed by atoms with van der Waals surface area (Å²) in [6, 6.07) is 3.03. The molecular formula is C21H31F2N3O5. The predicted molar refractivity (Wildman–Crippen MR) is 111 cm³/mol. The summed E-state index contributed by atoms with van der Waals surface area (Å²) in [4.78, 5) is 4.49. The molecule has 0 spiro atoms. The second-order valence-electron chi connectivity index (χ2n) is 7.30. The molecule has 31 heavy (non-hydrogen) atoms. The monoisotopic (exact) mass is 443 g/mol. The maximum atomic E-state index is 12.8. The molecule has 174 valence electrons. The molecule has 2 N–H and O–H groups in total. The standard InChI is InChI=1S/C21H31F2N3O5/c1-2-24-21(25-6-3-7-28-13-15-4-8-27-9-5-15)26-12-16-10-18-19(30-14-29-18)11-17(16)31-20(22)23/h10-11,15,20H,2-9,12-14H2,1H3,(H2,24,25,26). The van der Waals surface area contributed by atoms with Crippen molar-refractivity contribution >= 4 is 5.96 Å².